The Morgan fingerprint density at radius 1 is 1.03 bits per heavy atom. The Morgan fingerprint density at radius 2 is 1.80 bits per heavy atom. The van der Waals surface area contributed by atoms with Crippen molar-refractivity contribution in [2.75, 3.05) is 27.3 Å². The molecule has 2 aromatic carbocycles. The molecule has 6 heteroatoms. The van der Waals surface area contributed by atoms with Crippen molar-refractivity contribution in [1.29, 1.82) is 0 Å². The summed E-state index contributed by atoms with van der Waals surface area (Å²) >= 11 is 0. The SMILES string of the molecule is COc1ccc([C@@H]2CN(C(=O)c3ccccc3C)C[C@@H]2C(=O)NC2CC2)c(OC)c1. The zero-order valence-electron chi connectivity index (χ0n) is 17.7. The van der Waals surface area contributed by atoms with Gasteiger partial charge in [-0.3, -0.25) is 9.59 Å². The largest absolute Gasteiger partial charge is 0.497 e. The van der Waals surface area contributed by atoms with Gasteiger partial charge in [0, 0.05) is 42.2 Å². The first-order valence-electron chi connectivity index (χ1n) is 10.4. The van der Waals surface area contributed by atoms with Gasteiger partial charge in [0.25, 0.3) is 5.91 Å². The molecule has 0 aromatic heterocycles. The molecule has 0 spiro atoms. The fourth-order valence-electron chi connectivity index (χ4n) is 4.19. The normalized spacial score (nSPS) is 20.7. The van der Waals surface area contributed by atoms with Gasteiger partial charge in [-0.15, -0.1) is 0 Å². The van der Waals surface area contributed by atoms with Crippen LogP contribution in [0.3, 0.4) is 0 Å². The molecule has 0 unspecified atom stereocenters. The fraction of sp³-hybridized carbons (Fsp3) is 0.417. The molecule has 1 aliphatic heterocycles. The van der Waals surface area contributed by atoms with Crippen LogP contribution in [0.2, 0.25) is 0 Å². The number of carbonyl (C=O) groups is 2. The predicted octanol–water partition coefficient (Wildman–Crippen LogP) is 3.15. The van der Waals surface area contributed by atoms with Crippen LogP contribution >= 0.6 is 0 Å². The first-order chi connectivity index (χ1) is 14.5. The Morgan fingerprint density at radius 3 is 2.47 bits per heavy atom. The number of hydrogen-bond acceptors (Lipinski definition) is 4. The number of rotatable bonds is 6. The van der Waals surface area contributed by atoms with E-state index in [0.29, 0.717) is 30.2 Å². The lowest BCUT2D eigenvalue weighted by Gasteiger charge is -2.21. The van der Waals surface area contributed by atoms with Crippen molar-refractivity contribution in [3.05, 3.63) is 59.2 Å². The lowest BCUT2D eigenvalue weighted by Crippen LogP contribution is -2.36. The van der Waals surface area contributed by atoms with Crippen LogP contribution in [0.25, 0.3) is 0 Å². The van der Waals surface area contributed by atoms with Crippen molar-refractivity contribution in [3.8, 4) is 11.5 Å². The van der Waals surface area contributed by atoms with E-state index in [-0.39, 0.29) is 29.7 Å². The maximum atomic E-state index is 13.2. The minimum atomic E-state index is -0.319. The summed E-state index contributed by atoms with van der Waals surface area (Å²) in [6.07, 6.45) is 2.06. The second-order valence-corrected chi connectivity index (χ2v) is 8.13. The van der Waals surface area contributed by atoms with Gasteiger partial charge in [-0.1, -0.05) is 24.3 Å². The van der Waals surface area contributed by atoms with Gasteiger partial charge in [-0.05, 0) is 37.5 Å². The molecule has 1 heterocycles. The molecule has 2 aromatic rings. The Hall–Kier alpha value is -3.02. The van der Waals surface area contributed by atoms with Gasteiger partial charge in [0.1, 0.15) is 11.5 Å². The Kier molecular flexibility index (Phi) is 5.66. The van der Waals surface area contributed by atoms with Crippen molar-refractivity contribution < 1.29 is 19.1 Å². The molecule has 4 rings (SSSR count). The summed E-state index contributed by atoms with van der Waals surface area (Å²) in [6.45, 7) is 2.80. The summed E-state index contributed by atoms with van der Waals surface area (Å²) in [5.41, 5.74) is 2.54. The van der Waals surface area contributed by atoms with E-state index in [2.05, 4.69) is 5.32 Å². The van der Waals surface area contributed by atoms with Gasteiger partial charge in [-0.25, -0.2) is 0 Å². The standard InChI is InChI=1S/C24H28N2O4/c1-15-6-4-5-7-18(15)24(28)26-13-20(21(14-26)23(27)25-16-8-9-16)19-11-10-17(29-2)12-22(19)30-3/h4-7,10-12,16,20-21H,8-9,13-14H2,1-3H3,(H,25,27)/t20-,21-/m0/s1. The molecule has 1 N–H and O–H groups in total. The summed E-state index contributed by atoms with van der Waals surface area (Å²) in [5.74, 6) is 0.889. The summed E-state index contributed by atoms with van der Waals surface area (Å²) in [6, 6.07) is 13.5. The molecule has 2 fully saturated rings. The molecular weight excluding hydrogens is 380 g/mol. The molecule has 158 valence electrons. The zero-order chi connectivity index (χ0) is 21.3. The first kappa shape index (κ1) is 20.3. The average molecular weight is 408 g/mol. The van der Waals surface area contributed by atoms with Gasteiger partial charge in [-0.2, -0.15) is 0 Å². The molecule has 0 bridgehead atoms. The second kappa shape index (κ2) is 8.38. The number of aryl methyl sites for hydroxylation is 1. The highest BCUT2D eigenvalue weighted by Crippen LogP contribution is 2.40. The lowest BCUT2D eigenvalue weighted by atomic mass is 9.87. The first-order valence-corrected chi connectivity index (χ1v) is 10.4. The van der Waals surface area contributed by atoms with Crippen LogP contribution < -0.4 is 14.8 Å². The van der Waals surface area contributed by atoms with Gasteiger partial charge in [0.2, 0.25) is 5.91 Å². The van der Waals surface area contributed by atoms with Crippen LogP contribution in [-0.4, -0.2) is 50.1 Å². The lowest BCUT2D eigenvalue weighted by molar-refractivity contribution is -0.125. The molecule has 6 nitrogen and oxygen atoms in total. The Labute approximate surface area is 177 Å². The molecule has 2 aliphatic rings. The van der Waals surface area contributed by atoms with Crippen LogP contribution in [0.1, 0.15) is 40.2 Å². The highest BCUT2D eigenvalue weighted by molar-refractivity contribution is 5.96. The third-order valence-corrected chi connectivity index (χ3v) is 6.08. The highest BCUT2D eigenvalue weighted by Gasteiger charge is 2.43. The van der Waals surface area contributed by atoms with Crippen LogP contribution in [-0.2, 0) is 4.79 Å². The summed E-state index contributed by atoms with van der Waals surface area (Å²) in [4.78, 5) is 28.1. The molecule has 2 amide bonds. The maximum Gasteiger partial charge on any atom is 0.254 e. The van der Waals surface area contributed by atoms with Crippen LogP contribution in [0.5, 0.6) is 11.5 Å². The van der Waals surface area contributed by atoms with Gasteiger partial charge in [0.15, 0.2) is 0 Å². The molecule has 1 saturated carbocycles. The molecule has 2 atom stereocenters. The van der Waals surface area contributed by atoms with Crippen LogP contribution in [0.15, 0.2) is 42.5 Å². The van der Waals surface area contributed by atoms with E-state index in [1.165, 1.54) is 0 Å². The number of likely N-dealkylation sites (tertiary alicyclic amines) is 1. The smallest absolute Gasteiger partial charge is 0.254 e. The summed E-state index contributed by atoms with van der Waals surface area (Å²) in [7, 11) is 3.22. The van der Waals surface area contributed by atoms with Crippen molar-refractivity contribution in [1.82, 2.24) is 10.2 Å². The van der Waals surface area contributed by atoms with Crippen molar-refractivity contribution in [2.45, 2.75) is 31.7 Å². The van der Waals surface area contributed by atoms with Gasteiger partial charge in [0.05, 0.1) is 20.1 Å². The molecule has 1 saturated heterocycles. The molecule has 0 radical (unpaired) electrons. The van der Waals surface area contributed by atoms with E-state index in [1.807, 2.05) is 49.4 Å². The Bertz CT molecular complexity index is 954. The van der Waals surface area contributed by atoms with Crippen LogP contribution in [0.4, 0.5) is 0 Å². The van der Waals surface area contributed by atoms with Crippen molar-refractivity contribution in [2.24, 2.45) is 5.92 Å². The van der Waals surface area contributed by atoms with Crippen LogP contribution in [0, 0.1) is 12.8 Å². The van der Waals surface area contributed by atoms with E-state index in [1.54, 1.807) is 19.1 Å². The van der Waals surface area contributed by atoms with Crippen molar-refractivity contribution in [3.63, 3.8) is 0 Å². The van der Waals surface area contributed by atoms with Gasteiger partial charge < -0.3 is 19.7 Å². The average Bonchev–Trinajstić information content (AvgIpc) is 3.47. The van der Waals surface area contributed by atoms with E-state index in [9.17, 15) is 9.59 Å². The minimum absolute atomic E-state index is 0.0143. The number of benzene rings is 2. The van der Waals surface area contributed by atoms with E-state index < -0.39 is 0 Å². The maximum absolute atomic E-state index is 13.2. The van der Waals surface area contributed by atoms with E-state index in [0.717, 1.165) is 24.0 Å². The topological polar surface area (TPSA) is 67.9 Å². The molecule has 1 aliphatic carbocycles. The number of hydrogen-bond donors (Lipinski definition) is 1. The molecular formula is C24H28N2O4. The molecule has 30 heavy (non-hydrogen) atoms. The number of carbonyl (C=O) groups excluding carboxylic acids is 2. The summed E-state index contributed by atoms with van der Waals surface area (Å²) < 4.78 is 10.9. The monoisotopic (exact) mass is 408 g/mol. The van der Waals surface area contributed by atoms with E-state index in [4.69, 9.17) is 9.47 Å². The second-order valence-electron chi connectivity index (χ2n) is 8.13. The van der Waals surface area contributed by atoms with E-state index >= 15 is 0 Å². The fourth-order valence-corrected chi connectivity index (χ4v) is 4.19. The quantitative estimate of drug-likeness (QED) is 0.797. The zero-order valence-corrected chi connectivity index (χ0v) is 17.7. The number of amides is 2. The summed E-state index contributed by atoms with van der Waals surface area (Å²) in [5, 5.41) is 3.12. The minimum Gasteiger partial charge on any atom is -0.497 e. The number of methoxy groups -OCH3 is 2. The number of nitrogens with one attached hydrogen (secondary N) is 1. The third kappa shape index (κ3) is 3.99. The predicted molar refractivity (Wildman–Crippen MR) is 114 cm³/mol. The Balaban J connectivity index is 1.65. The third-order valence-electron chi connectivity index (χ3n) is 6.08. The highest BCUT2D eigenvalue weighted by atomic mass is 16.5. The number of ether oxygens (including phenoxy) is 2. The van der Waals surface area contributed by atoms with Crippen molar-refractivity contribution >= 4 is 11.8 Å². The van der Waals surface area contributed by atoms with Gasteiger partial charge >= 0.3 is 0 Å². The number of nitrogens with zero attached hydrogens (tertiary/aromatic N) is 1.